The fraction of sp³-hybridized carbons (Fsp3) is 0.304. The molecule has 3 aromatic rings. The van der Waals surface area contributed by atoms with Crippen molar-refractivity contribution >= 4 is 21.6 Å². The molecule has 32 heavy (non-hydrogen) atoms. The zero-order valence-electron chi connectivity index (χ0n) is 17.8. The van der Waals surface area contributed by atoms with Crippen LogP contribution in [-0.4, -0.2) is 49.9 Å². The molecule has 1 aliphatic rings. The Labute approximate surface area is 187 Å². The number of nitrogens with zero attached hydrogens (tertiary/aromatic N) is 2. The number of hydrogen-bond acceptors (Lipinski definition) is 6. The molecule has 2 aromatic carbocycles. The molecule has 1 amide bonds. The van der Waals surface area contributed by atoms with Crippen LogP contribution in [0.2, 0.25) is 0 Å². The highest BCUT2D eigenvalue weighted by molar-refractivity contribution is 7.89. The molecule has 2 heterocycles. The standard InChI is InChI=1S/C23H25N3O5S/c1-17-7-8-19(15-21(17)32(28,29)26-11-13-30-14-12-26)25-22(27)9-10-23-24-16-20(31-23)18-5-3-2-4-6-18/h2-8,15-16H,9-14H2,1H3,(H,25,27). The maximum atomic E-state index is 13.0. The Balaban J connectivity index is 1.39. The number of morpholine rings is 1. The highest BCUT2D eigenvalue weighted by Gasteiger charge is 2.28. The minimum absolute atomic E-state index is 0.161. The lowest BCUT2D eigenvalue weighted by Crippen LogP contribution is -2.40. The lowest BCUT2D eigenvalue weighted by molar-refractivity contribution is -0.116. The van der Waals surface area contributed by atoms with Gasteiger partial charge in [-0.1, -0.05) is 36.4 Å². The van der Waals surface area contributed by atoms with Crippen LogP contribution in [0, 0.1) is 6.92 Å². The van der Waals surface area contributed by atoms with E-state index in [0.717, 1.165) is 5.56 Å². The second kappa shape index (κ2) is 9.64. The van der Waals surface area contributed by atoms with Crippen molar-refractivity contribution in [2.24, 2.45) is 0 Å². The number of carbonyl (C=O) groups is 1. The van der Waals surface area contributed by atoms with Crippen molar-refractivity contribution in [1.29, 1.82) is 0 Å². The Morgan fingerprint density at radius 3 is 2.62 bits per heavy atom. The van der Waals surface area contributed by atoms with Crippen molar-refractivity contribution in [3.05, 3.63) is 66.2 Å². The van der Waals surface area contributed by atoms with Crippen molar-refractivity contribution in [2.45, 2.75) is 24.7 Å². The van der Waals surface area contributed by atoms with E-state index in [0.29, 0.717) is 55.6 Å². The summed E-state index contributed by atoms with van der Waals surface area (Å²) in [5, 5.41) is 2.78. The molecule has 0 atom stereocenters. The Bertz CT molecular complexity index is 1190. The Kier molecular flexibility index (Phi) is 6.69. The molecular formula is C23H25N3O5S. The molecular weight excluding hydrogens is 430 g/mol. The number of ether oxygens (including phenoxy) is 1. The molecule has 0 saturated carbocycles. The number of benzene rings is 2. The third-order valence-electron chi connectivity index (χ3n) is 5.24. The normalized spacial score (nSPS) is 14.9. The smallest absolute Gasteiger partial charge is 0.243 e. The molecule has 0 spiro atoms. The quantitative estimate of drug-likeness (QED) is 0.587. The summed E-state index contributed by atoms with van der Waals surface area (Å²) in [6.45, 7) is 3.13. The molecule has 168 valence electrons. The van der Waals surface area contributed by atoms with Crippen LogP contribution in [0.1, 0.15) is 17.9 Å². The number of carbonyl (C=O) groups excluding carboxylic acids is 1. The summed E-state index contributed by atoms with van der Waals surface area (Å²) in [5.74, 6) is 0.874. The number of oxazole rings is 1. The van der Waals surface area contributed by atoms with Crippen molar-refractivity contribution in [2.75, 3.05) is 31.6 Å². The molecule has 1 saturated heterocycles. The molecule has 1 N–H and O–H groups in total. The van der Waals surface area contributed by atoms with E-state index < -0.39 is 10.0 Å². The predicted molar refractivity (Wildman–Crippen MR) is 120 cm³/mol. The first-order valence-electron chi connectivity index (χ1n) is 10.4. The van der Waals surface area contributed by atoms with E-state index in [2.05, 4.69) is 10.3 Å². The molecule has 9 heteroatoms. The van der Waals surface area contributed by atoms with E-state index in [4.69, 9.17) is 9.15 Å². The van der Waals surface area contributed by atoms with Gasteiger partial charge in [0.1, 0.15) is 0 Å². The number of sulfonamides is 1. The zero-order valence-corrected chi connectivity index (χ0v) is 18.6. The molecule has 1 fully saturated rings. The minimum Gasteiger partial charge on any atom is -0.441 e. The fourth-order valence-corrected chi connectivity index (χ4v) is 5.15. The molecule has 0 bridgehead atoms. The van der Waals surface area contributed by atoms with Gasteiger partial charge >= 0.3 is 0 Å². The summed E-state index contributed by atoms with van der Waals surface area (Å²) < 4.78 is 38.4. The maximum absolute atomic E-state index is 13.0. The second-order valence-corrected chi connectivity index (χ2v) is 9.44. The van der Waals surface area contributed by atoms with E-state index in [1.54, 1.807) is 25.3 Å². The van der Waals surface area contributed by atoms with Crippen LogP contribution in [-0.2, 0) is 26.0 Å². The van der Waals surface area contributed by atoms with E-state index in [1.165, 1.54) is 10.4 Å². The van der Waals surface area contributed by atoms with Gasteiger partial charge in [0.2, 0.25) is 15.9 Å². The molecule has 0 radical (unpaired) electrons. The highest BCUT2D eigenvalue weighted by Crippen LogP contribution is 2.25. The van der Waals surface area contributed by atoms with Crippen LogP contribution in [0.5, 0.6) is 0 Å². The number of aryl methyl sites for hydroxylation is 2. The largest absolute Gasteiger partial charge is 0.441 e. The number of aromatic nitrogens is 1. The van der Waals surface area contributed by atoms with E-state index in [-0.39, 0.29) is 17.2 Å². The summed E-state index contributed by atoms with van der Waals surface area (Å²) in [6.07, 6.45) is 2.14. The number of rotatable bonds is 7. The van der Waals surface area contributed by atoms with Gasteiger partial charge in [-0.25, -0.2) is 13.4 Å². The first kappa shape index (κ1) is 22.2. The topological polar surface area (TPSA) is 102 Å². The van der Waals surface area contributed by atoms with Gasteiger partial charge in [-0.05, 0) is 24.6 Å². The maximum Gasteiger partial charge on any atom is 0.243 e. The Morgan fingerprint density at radius 2 is 1.88 bits per heavy atom. The number of nitrogens with one attached hydrogen (secondary N) is 1. The Morgan fingerprint density at radius 1 is 1.12 bits per heavy atom. The lowest BCUT2D eigenvalue weighted by Gasteiger charge is -2.26. The average Bonchev–Trinajstić information content (AvgIpc) is 3.29. The SMILES string of the molecule is Cc1ccc(NC(=O)CCc2ncc(-c3ccccc3)o2)cc1S(=O)(=O)N1CCOCC1. The van der Waals surface area contributed by atoms with Crippen molar-refractivity contribution in [3.63, 3.8) is 0 Å². The zero-order chi connectivity index (χ0) is 22.6. The number of hydrogen-bond donors (Lipinski definition) is 1. The van der Waals surface area contributed by atoms with Crippen molar-refractivity contribution in [1.82, 2.24) is 9.29 Å². The summed E-state index contributed by atoms with van der Waals surface area (Å²) in [4.78, 5) is 16.9. The number of amides is 1. The predicted octanol–water partition coefficient (Wildman–Crippen LogP) is 3.24. The summed E-state index contributed by atoms with van der Waals surface area (Å²) >= 11 is 0. The molecule has 4 rings (SSSR count). The lowest BCUT2D eigenvalue weighted by atomic mass is 10.2. The first-order chi connectivity index (χ1) is 15.4. The summed E-state index contributed by atoms with van der Waals surface area (Å²) in [6, 6.07) is 14.5. The second-order valence-electron chi connectivity index (χ2n) is 7.53. The van der Waals surface area contributed by atoms with Gasteiger partial charge < -0.3 is 14.5 Å². The fourth-order valence-electron chi connectivity index (χ4n) is 3.49. The highest BCUT2D eigenvalue weighted by atomic mass is 32.2. The van der Waals surface area contributed by atoms with Crippen LogP contribution < -0.4 is 5.32 Å². The monoisotopic (exact) mass is 455 g/mol. The summed E-state index contributed by atoms with van der Waals surface area (Å²) in [7, 11) is -3.65. The van der Waals surface area contributed by atoms with Gasteiger partial charge in [-0.15, -0.1) is 0 Å². The van der Waals surface area contributed by atoms with E-state index >= 15 is 0 Å². The van der Waals surface area contributed by atoms with Crippen LogP contribution in [0.4, 0.5) is 5.69 Å². The third kappa shape index (κ3) is 5.07. The molecule has 1 aromatic heterocycles. The van der Waals surface area contributed by atoms with Crippen LogP contribution in [0.15, 0.2) is 64.0 Å². The Hall–Kier alpha value is -3.01. The van der Waals surface area contributed by atoms with Crippen LogP contribution >= 0.6 is 0 Å². The van der Waals surface area contributed by atoms with Crippen molar-refractivity contribution < 1.29 is 22.4 Å². The van der Waals surface area contributed by atoms with Gasteiger partial charge in [0, 0.05) is 37.2 Å². The average molecular weight is 456 g/mol. The van der Waals surface area contributed by atoms with Crippen molar-refractivity contribution in [3.8, 4) is 11.3 Å². The van der Waals surface area contributed by atoms with Crippen LogP contribution in [0.25, 0.3) is 11.3 Å². The van der Waals surface area contributed by atoms with Crippen LogP contribution in [0.3, 0.4) is 0 Å². The van der Waals surface area contributed by atoms with Gasteiger partial charge in [0.15, 0.2) is 11.7 Å². The molecule has 0 aliphatic carbocycles. The number of anilines is 1. The van der Waals surface area contributed by atoms with E-state index in [1.807, 2.05) is 30.3 Å². The first-order valence-corrected chi connectivity index (χ1v) is 11.9. The third-order valence-corrected chi connectivity index (χ3v) is 7.28. The van der Waals surface area contributed by atoms with Gasteiger partial charge in [0.05, 0.1) is 24.3 Å². The van der Waals surface area contributed by atoms with E-state index in [9.17, 15) is 13.2 Å². The minimum atomic E-state index is -3.65. The molecule has 1 aliphatic heterocycles. The van der Waals surface area contributed by atoms with Gasteiger partial charge in [-0.3, -0.25) is 4.79 Å². The molecule has 8 nitrogen and oxygen atoms in total. The summed E-state index contributed by atoms with van der Waals surface area (Å²) in [5.41, 5.74) is 1.98. The molecule has 0 unspecified atom stereocenters. The van der Waals surface area contributed by atoms with Gasteiger partial charge in [0.25, 0.3) is 0 Å². The van der Waals surface area contributed by atoms with Gasteiger partial charge in [-0.2, -0.15) is 4.31 Å².